The molecule has 0 aliphatic heterocycles. The van der Waals surface area contributed by atoms with Crippen LogP contribution in [0.4, 0.5) is 0 Å². The maximum Gasteiger partial charge on any atom is 0.305 e. The van der Waals surface area contributed by atoms with Gasteiger partial charge in [-0.25, -0.2) is 0 Å². The molecule has 0 amide bonds. The summed E-state index contributed by atoms with van der Waals surface area (Å²) in [5, 5.41) is 11.3. The maximum absolute atomic E-state index is 13.8. The van der Waals surface area contributed by atoms with Crippen LogP contribution in [0.3, 0.4) is 0 Å². The molecule has 174 valence electrons. The third-order valence-electron chi connectivity index (χ3n) is 10.2. The molecule has 0 radical (unpaired) electrons. The zero-order chi connectivity index (χ0) is 22.6. The molecular weight excluding hydrogens is 392 g/mol. The fraction of sp³-hybridized carbons (Fsp3) is 0.885. The fourth-order valence-electron chi connectivity index (χ4n) is 8.45. The second-order valence-electron chi connectivity index (χ2n) is 11.5. The van der Waals surface area contributed by atoms with Crippen molar-refractivity contribution in [1.82, 2.24) is 0 Å². The standard InChI is InChI=1S/C26H40O5/c1-5-31-23(30)9-6-15(2)18-7-8-19-24-20(14-22(29)26(18,19)4)25(3)11-10-17(27)12-16(25)13-21(24)28/h15-16,18-21,24,28H,5-14H2,1-4H3/t15-,16+,18-,19+,20+,21-,24+,25+,26-/m1/s1. The monoisotopic (exact) mass is 432 g/mol. The van der Waals surface area contributed by atoms with Crippen molar-refractivity contribution in [3.05, 3.63) is 0 Å². The summed E-state index contributed by atoms with van der Waals surface area (Å²) in [4.78, 5) is 37.7. The van der Waals surface area contributed by atoms with E-state index in [1.54, 1.807) is 0 Å². The van der Waals surface area contributed by atoms with Gasteiger partial charge in [0.15, 0.2) is 0 Å². The van der Waals surface area contributed by atoms with Gasteiger partial charge in [0, 0.05) is 31.1 Å². The molecule has 1 N–H and O–H groups in total. The highest BCUT2D eigenvalue weighted by molar-refractivity contribution is 5.87. The normalized spacial score (nSPS) is 45.5. The quantitative estimate of drug-likeness (QED) is 0.654. The molecule has 0 heterocycles. The molecule has 4 aliphatic rings. The third-order valence-corrected chi connectivity index (χ3v) is 10.2. The Labute approximate surface area is 186 Å². The van der Waals surface area contributed by atoms with Gasteiger partial charge < -0.3 is 9.84 Å². The molecule has 0 saturated heterocycles. The minimum atomic E-state index is -0.417. The van der Waals surface area contributed by atoms with E-state index in [2.05, 4.69) is 20.8 Å². The minimum Gasteiger partial charge on any atom is -0.466 e. The largest absolute Gasteiger partial charge is 0.466 e. The highest BCUT2D eigenvalue weighted by Crippen LogP contribution is 2.67. The van der Waals surface area contributed by atoms with Crippen molar-refractivity contribution in [2.75, 3.05) is 6.61 Å². The summed E-state index contributed by atoms with van der Waals surface area (Å²) in [6, 6.07) is 0. The number of hydrogen-bond acceptors (Lipinski definition) is 5. The van der Waals surface area contributed by atoms with Crippen LogP contribution in [0, 0.1) is 46.3 Å². The van der Waals surface area contributed by atoms with Crippen molar-refractivity contribution in [2.24, 2.45) is 46.3 Å². The van der Waals surface area contributed by atoms with Gasteiger partial charge in [-0.05, 0) is 80.0 Å². The summed E-state index contributed by atoms with van der Waals surface area (Å²) in [6.45, 7) is 8.85. The van der Waals surface area contributed by atoms with Gasteiger partial charge in [-0.3, -0.25) is 14.4 Å². The molecule has 4 rings (SSSR count). The van der Waals surface area contributed by atoms with Crippen LogP contribution in [0.25, 0.3) is 0 Å². The first kappa shape index (κ1) is 22.9. The van der Waals surface area contributed by atoms with Gasteiger partial charge in [0.1, 0.15) is 11.6 Å². The number of ether oxygens (including phenoxy) is 1. The van der Waals surface area contributed by atoms with E-state index in [0.717, 1.165) is 25.7 Å². The summed E-state index contributed by atoms with van der Waals surface area (Å²) in [7, 11) is 0. The first-order valence-corrected chi connectivity index (χ1v) is 12.5. The molecule has 4 fully saturated rings. The lowest BCUT2D eigenvalue weighted by molar-refractivity contribution is -0.177. The summed E-state index contributed by atoms with van der Waals surface area (Å²) >= 11 is 0. The first-order chi connectivity index (χ1) is 14.6. The van der Waals surface area contributed by atoms with Gasteiger partial charge in [-0.1, -0.05) is 20.8 Å². The van der Waals surface area contributed by atoms with Gasteiger partial charge in [-0.15, -0.1) is 0 Å². The average Bonchev–Trinajstić information content (AvgIpc) is 3.07. The highest BCUT2D eigenvalue weighted by Gasteiger charge is 2.65. The number of carbonyl (C=O) groups excluding carboxylic acids is 3. The second kappa shape index (κ2) is 8.28. The number of rotatable bonds is 5. The average molecular weight is 433 g/mol. The summed E-state index contributed by atoms with van der Waals surface area (Å²) in [5.74, 6) is 1.81. The van der Waals surface area contributed by atoms with E-state index in [4.69, 9.17) is 4.74 Å². The van der Waals surface area contributed by atoms with Crippen molar-refractivity contribution >= 4 is 17.5 Å². The number of carbonyl (C=O) groups is 3. The Morgan fingerprint density at radius 1 is 1.19 bits per heavy atom. The molecule has 0 bridgehead atoms. The zero-order valence-corrected chi connectivity index (χ0v) is 19.7. The van der Waals surface area contributed by atoms with Gasteiger partial charge in [0.05, 0.1) is 12.7 Å². The molecule has 0 aromatic heterocycles. The maximum atomic E-state index is 13.8. The van der Waals surface area contributed by atoms with Crippen LogP contribution >= 0.6 is 0 Å². The Bertz CT molecular complexity index is 746. The smallest absolute Gasteiger partial charge is 0.305 e. The lowest BCUT2D eigenvalue weighted by atomic mass is 9.43. The van der Waals surface area contributed by atoms with Crippen LogP contribution < -0.4 is 0 Å². The summed E-state index contributed by atoms with van der Waals surface area (Å²) in [5.41, 5.74) is -0.424. The second-order valence-corrected chi connectivity index (χ2v) is 11.5. The number of esters is 1. The van der Waals surface area contributed by atoms with Crippen LogP contribution in [0.15, 0.2) is 0 Å². The molecule has 0 aromatic rings. The molecule has 31 heavy (non-hydrogen) atoms. The molecular formula is C26H40O5. The fourth-order valence-corrected chi connectivity index (χ4v) is 8.45. The molecule has 9 atom stereocenters. The van der Waals surface area contributed by atoms with Crippen molar-refractivity contribution in [3.8, 4) is 0 Å². The van der Waals surface area contributed by atoms with Crippen LogP contribution in [0.1, 0.15) is 85.5 Å². The van der Waals surface area contributed by atoms with Gasteiger partial charge >= 0.3 is 5.97 Å². The van der Waals surface area contributed by atoms with Crippen LogP contribution in [-0.4, -0.2) is 35.4 Å². The Hall–Kier alpha value is -1.23. The van der Waals surface area contributed by atoms with Crippen LogP contribution in [0.5, 0.6) is 0 Å². The third kappa shape index (κ3) is 3.59. The minimum absolute atomic E-state index is 0.0115. The van der Waals surface area contributed by atoms with Crippen LogP contribution in [0.2, 0.25) is 0 Å². The number of Topliss-reactive ketones (excluding diaryl/α,β-unsaturated/α-hetero) is 2. The zero-order valence-electron chi connectivity index (χ0n) is 19.7. The lowest BCUT2D eigenvalue weighted by Gasteiger charge is -2.61. The van der Waals surface area contributed by atoms with E-state index in [1.165, 1.54) is 0 Å². The van der Waals surface area contributed by atoms with E-state index in [-0.39, 0.29) is 46.9 Å². The molecule has 0 aromatic carbocycles. The predicted octanol–water partition coefficient (Wildman–Crippen LogP) is 4.34. The predicted molar refractivity (Wildman–Crippen MR) is 117 cm³/mol. The van der Waals surface area contributed by atoms with E-state index >= 15 is 0 Å². The van der Waals surface area contributed by atoms with E-state index in [0.29, 0.717) is 50.3 Å². The SMILES string of the molecule is CCOC(=O)CC[C@@H](C)[C@H]1CC[C@H]2[C@@H]3[C@H](O)C[C@@H]4CC(=O)CC[C@]4(C)[C@H]3CC(=O)[C@]12C. The van der Waals surface area contributed by atoms with Gasteiger partial charge in [0.25, 0.3) is 0 Å². The number of ketones is 2. The Kier molecular flexibility index (Phi) is 6.13. The molecule has 4 saturated carbocycles. The Morgan fingerprint density at radius 2 is 1.94 bits per heavy atom. The van der Waals surface area contributed by atoms with E-state index < -0.39 is 11.5 Å². The van der Waals surface area contributed by atoms with E-state index in [9.17, 15) is 19.5 Å². The number of aliphatic hydroxyl groups excluding tert-OH is 1. The lowest BCUT2D eigenvalue weighted by Crippen LogP contribution is -2.61. The molecule has 5 nitrogen and oxygen atoms in total. The van der Waals surface area contributed by atoms with E-state index in [1.807, 2.05) is 6.92 Å². The first-order valence-electron chi connectivity index (χ1n) is 12.5. The number of hydrogen-bond donors (Lipinski definition) is 1. The Balaban J connectivity index is 1.56. The molecule has 5 heteroatoms. The molecule has 4 aliphatic carbocycles. The number of aliphatic hydroxyl groups is 1. The number of fused-ring (bicyclic) bond motifs is 5. The summed E-state index contributed by atoms with van der Waals surface area (Å²) < 4.78 is 5.10. The Morgan fingerprint density at radius 3 is 2.65 bits per heavy atom. The van der Waals surface area contributed by atoms with Gasteiger partial charge in [0.2, 0.25) is 0 Å². The van der Waals surface area contributed by atoms with Crippen molar-refractivity contribution < 1.29 is 24.2 Å². The molecule has 0 spiro atoms. The highest BCUT2D eigenvalue weighted by atomic mass is 16.5. The molecule has 0 unspecified atom stereocenters. The van der Waals surface area contributed by atoms with Crippen LogP contribution in [-0.2, 0) is 19.1 Å². The topological polar surface area (TPSA) is 80.7 Å². The van der Waals surface area contributed by atoms with Crippen molar-refractivity contribution in [3.63, 3.8) is 0 Å². The summed E-state index contributed by atoms with van der Waals surface area (Å²) in [6.07, 6.45) is 6.00. The van der Waals surface area contributed by atoms with Crippen molar-refractivity contribution in [1.29, 1.82) is 0 Å². The van der Waals surface area contributed by atoms with Gasteiger partial charge in [-0.2, -0.15) is 0 Å². The van der Waals surface area contributed by atoms with Crippen molar-refractivity contribution in [2.45, 2.75) is 91.6 Å².